The van der Waals surface area contributed by atoms with Crippen molar-refractivity contribution in [3.05, 3.63) is 24.3 Å². The molecular formula is C16H23N3O2S. The fraction of sp³-hybridized carbons (Fsp3) is 0.438. The molecule has 1 aromatic carbocycles. The quantitative estimate of drug-likeness (QED) is 0.703. The molecule has 0 saturated carbocycles. The normalized spacial score (nSPS) is 10.2. The molecule has 1 aromatic rings. The maximum atomic E-state index is 11.6. The molecule has 5 nitrogen and oxygen atoms in total. The largest absolute Gasteiger partial charge is 0.332 e. The first-order valence-electron chi connectivity index (χ1n) is 7.41. The Morgan fingerprint density at radius 1 is 1.05 bits per heavy atom. The summed E-state index contributed by atoms with van der Waals surface area (Å²) in [6.45, 7) is 5.91. The van der Waals surface area contributed by atoms with Crippen LogP contribution in [-0.4, -0.2) is 16.9 Å². The van der Waals surface area contributed by atoms with E-state index in [0.29, 0.717) is 12.8 Å². The van der Waals surface area contributed by atoms with Gasteiger partial charge in [-0.1, -0.05) is 20.8 Å². The molecule has 0 aliphatic rings. The lowest BCUT2D eigenvalue weighted by molar-refractivity contribution is -0.120. The lowest BCUT2D eigenvalue weighted by Gasteiger charge is -2.11. The molecule has 0 saturated heterocycles. The van der Waals surface area contributed by atoms with Gasteiger partial charge in [0.05, 0.1) is 0 Å². The van der Waals surface area contributed by atoms with Crippen molar-refractivity contribution in [1.82, 2.24) is 5.32 Å². The van der Waals surface area contributed by atoms with Gasteiger partial charge in [0.25, 0.3) is 0 Å². The molecule has 0 aliphatic carbocycles. The van der Waals surface area contributed by atoms with Gasteiger partial charge in [-0.3, -0.25) is 9.59 Å². The molecule has 0 fully saturated rings. The molecule has 2 amide bonds. The Hall–Kier alpha value is -1.95. The van der Waals surface area contributed by atoms with Gasteiger partial charge in [-0.05, 0) is 48.8 Å². The Labute approximate surface area is 136 Å². The second-order valence-electron chi connectivity index (χ2n) is 5.48. The van der Waals surface area contributed by atoms with Crippen LogP contribution < -0.4 is 16.0 Å². The third-order valence-electron chi connectivity index (χ3n) is 2.75. The van der Waals surface area contributed by atoms with Crippen LogP contribution in [-0.2, 0) is 9.59 Å². The second-order valence-corrected chi connectivity index (χ2v) is 5.88. The summed E-state index contributed by atoms with van der Waals surface area (Å²) in [6.07, 6.45) is 1.76. The number of hydrogen-bond acceptors (Lipinski definition) is 3. The zero-order valence-electron chi connectivity index (χ0n) is 13.2. The van der Waals surface area contributed by atoms with Crippen molar-refractivity contribution in [2.24, 2.45) is 5.92 Å². The molecule has 1 rings (SSSR count). The first-order valence-corrected chi connectivity index (χ1v) is 7.82. The topological polar surface area (TPSA) is 70.2 Å². The predicted molar refractivity (Wildman–Crippen MR) is 93.8 cm³/mol. The smallest absolute Gasteiger partial charge is 0.226 e. The summed E-state index contributed by atoms with van der Waals surface area (Å²) in [5, 5.41) is 8.65. The van der Waals surface area contributed by atoms with E-state index in [4.69, 9.17) is 12.2 Å². The molecular weight excluding hydrogens is 298 g/mol. The van der Waals surface area contributed by atoms with Crippen molar-refractivity contribution in [3.8, 4) is 0 Å². The first-order chi connectivity index (χ1) is 10.4. The maximum Gasteiger partial charge on any atom is 0.226 e. The third kappa shape index (κ3) is 7.17. The van der Waals surface area contributed by atoms with Crippen molar-refractivity contribution in [1.29, 1.82) is 0 Å². The van der Waals surface area contributed by atoms with Crippen molar-refractivity contribution in [2.75, 3.05) is 10.6 Å². The molecule has 0 aromatic heterocycles. The predicted octanol–water partition coefficient (Wildman–Crippen LogP) is 3.28. The Balaban J connectivity index is 2.48. The summed E-state index contributed by atoms with van der Waals surface area (Å²) in [7, 11) is 0. The van der Waals surface area contributed by atoms with Gasteiger partial charge in [0.2, 0.25) is 11.8 Å². The number of nitrogens with one attached hydrogen (secondary N) is 3. The summed E-state index contributed by atoms with van der Waals surface area (Å²) < 4.78 is 0. The number of carbonyl (C=O) groups is 2. The van der Waals surface area contributed by atoms with Crippen LogP contribution in [0.4, 0.5) is 11.4 Å². The number of hydrogen-bond donors (Lipinski definition) is 3. The van der Waals surface area contributed by atoms with Crippen LogP contribution in [0.2, 0.25) is 0 Å². The zero-order valence-corrected chi connectivity index (χ0v) is 14.0. The molecule has 0 unspecified atom stereocenters. The van der Waals surface area contributed by atoms with Crippen molar-refractivity contribution < 1.29 is 9.59 Å². The van der Waals surface area contributed by atoms with E-state index >= 15 is 0 Å². The molecule has 0 spiro atoms. The van der Waals surface area contributed by atoms with Crippen molar-refractivity contribution in [3.63, 3.8) is 0 Å². The lowest BCUT2D eigenvalue weighted by atomic mass is 10.1. The lowest BCUT2D eigenvalue weighted by Crippen LogP contribution is -2.34. The van der Waals surface area contributed by atoms with Gasteiger partial charge in [-0.2, -0.15) is 0 Å². The number of carbonyl (C=O) groups excluding carboxylic acids is 2. The fourth-order valence-electron chi connectivity index (χ4n) is 1.80. The van der Waals surface area contributed by atoms with E-state index in [2.05, 4.69) is 16.0 Å². The standard InChI is InChI=1S/C16H23N3O2S/c1-4-5-14(20)17-12-6-8-13(9-7-12)18-16(22)19-15(21)10-11(2)3/h6-9,11H,4-5,10H2,1-3H3,(H,17,20)(H2,18,19,21,22). The summed E-state index contributed by atoms with van der Waals surface area (Å²) in [5.41, 5.74) is 1.49. The van der Waals surface area contributed by atoms with Crippen LogP contribution in [0.25, 0.3) is 0 Å². The van der Waals surface area contributed by atoms with E-state index in [0.717, 1.165) is 17.8 Å². The molecule has 0 bridgehead atoms. The molecule has 0 radical (unpaired) electrons. The molecule has 120 valence electrons. The molecule has 22 heavy (non-hydrogen) atoms. The van der Waals surface area contributed by atoms with Crippen molar-refractivity contribution >= 4 is 40.5 Å². The van der Waals surface area contributed by atoms with Gasteiger partial charge in [-0.15, -0.1) is 0 Å². The van der Waals surface area contributed by atoms with Gasteiger partial charge in [0, 0.05) is 24.2 Å². The highest BCUT2D eigenvalue weighted by molar-refractivity contribution is 7.80. The highest BCUT2D eigenvalue weighted by Crippen LogP contribution is 2.14. The van der Waals surface area contributed by atoms with E-state index in [-0.39, 0.29) is 22.8 Å². The van der Waals surface area contributed by atoms with E-state index < -0.39 is 0 Å². The Kier molecular flexibility index (Phi) is 7.52. The minimum atomic E-state index is -0.101. The van der Waals surface area contributed by atoms with Gasteiger partial charge in [0.1, 0.15) is 0 Å². The van der Waals surface area contributed by atoms with Gasteiger partial charge >= 0.3 is 0 Å². The Bertz CT molecular complexity index is 527. The van der Waals surface area contributed by atoms with Crippen LogP contribution in [0.1, 0.15) is 40.0 Å². The number of thiocarbonyl (C=S) groups is 1. The maximum absolute atomic E-state index is 11.6. The van der Waals surface area contributed by atoms with Gasteiger partial charge < -0.3 is 16.0 Å². The SMILES string of the molecule is CCCC(=O)Nc1ccc(NC(=S)NC(=O)CC(C)C)cc1. The van der Waals surface area contributed by atoms with Crippen LogP contribution in [0.15, 0.2) is 24.3 Å². The average Bonchev–Trinajstić information content (AvgIpc) is 2.40. The number of amides is 2. The summed E-state index contributed by atoms with van der Waals surface area (Å²) >= 11 is 5.09. The monoisotopic (exact) mass is 321 g/mol. The average molecular weight is 321 g/mol. The summed E-state index contributed by atoms with van der Waals surface area (Å²) in [5.74, 6) is 0.185. The van der Waals surface area contributed by atoms with Crippen molar-refractivity contribution in [2.45, 2.75) is 40.0 Å². The van der Waals surface area contributed by atoms with Gasteiger partial charge in [0.15, 0.2) is 5.11 Å². The third-order valence-corrected chi connectivity index (χ3v) is 2.95. The number of rotatable bonds is 6. The van der Waals surface area contributed by atoms with Crippen LogP contribution in [0.5, 0.6) is 0 Å². The van der Waals surface area contributed by atoms with E-state index in [1.165, 1.54) is 0 Å². The Morgan fingerprint density at radius 2 is 1.59 bits per heavy atom. The number of benzene rings is 1. The second kappa shape index (κ2) is 9.15. The molecule has 0 heterocycles. The highest BCUT2D eigenvalue weighted by atomic mass is 32.1. The van der Waals surface area contributed by atoms with E-state index in [1.807, 2.05) is 20.8 Å². The minimum absolute atomic E-state index is 0.000297. The Morgan fingerprint density at radius 3 is 2.09 bits per heavy atom. The van der Waals surface area contributed by atoms with Crippen LogP contribution in [0.3, 0.4) is 0 Å². The van der Waals surface area contributed by atoms with Crippen LogP contribution >= 0.6 is 12.2 Å². The first kappa shape index (κ1) is 18.1. The zero-order chi connectivity index (χ0) is 16.5. The summed E-state index contributed by atoms with van der Waals surface area (Å²) in [4.78, 5) is 23.1. The summed E-state index contributed by atoms with van der Waals surface area (Å²) in [6, 6.07) is 7.16. The van der Waals surface area contributed by atoms with E-state index in [1.54, 1.807) is 24.3 Å². The molecule has 3 N–H and O–H groups in total. The number of anilines is 2. The molecule has 0 atom stereocenters. The van der Waals surface area contributed by atoms with Crippen LogP contribution in [0, 0.1) is 5.92 Å². The van der Waals surface area contributed by atoms with E-state index in [9.17, 15) is 9.59 Å². The molecule has 0 aliphatic heterocycles. The van der Waals surface area contributed by atoms with Gasteiger partial charge in [-0.25, -0.2) is 0 Å². The highest BCUT2D eigenvalue weighted by Gasteiger charge is 2.07. The minimum Gasteiger partial charge on any atom is -0.332 e. The molecule has 6 heteroatoms. The fourth-order valence-corrected chi connectivity index (χ4v) is 2.03.